The van der Waals surface area contributed by atoms with Crippen molar-refractivity contribution in [2.24, 2.45) is 0 Å². The number of aryl methyl sites for hydroxylation is 1. The standard InChI is InChI=1S/C14H16IN3OS2/c1-8-10-7-16-14(21-2)18(20)12(10)17(13(19)11(8)15)9-5-3-4-6-9/h7,9H,3-6H2,1-2H3. The molecule has 1 saturated carbocycles. The molecule has 0 spiro atoms. The van der Waals surface area contributed by atoms with E-state index in [4.69, 9.17) is 12.8 Å². The van der Waals surface area contributed by atoms with Gasteiger partial charge in [0.15, 0.2) is 0 Å². The van der Waals surface area contributed by atoms with Gasteiger partial charge in [-0.15, -0.1) is 4.98 Å². The normalized spacial score (nSPS) is 16.0. The Labute approximate surface area is 147 Å². The number of fused-ring (bicyclic) bond motifs is 1. The number of hydrogen-bond donors (Lipinski definition) is 0. The minimum absolute atomic E-state index is 0.0874. The average molecular weight is 433 g/mol. The second-order valence-corrected chi connectivity index (χ2v) is 7.55. The van der Waals surface area contributed by atoms with Gasteiger partial charge in [0.05, 0.1) is 15.0 Å². The molecule has 3 rings (SSSR count). The summed E-state index contributed by atoms with van der Waals surface area (Å²) in [4.78, 5) is 17.2. The van der Waals surface area contributed by atoms with Gasteiger partial charge in [-0.1, -0.05) is 11.8 Å². The van der Waals surface area contributed by atoms with Gasteiger partial charge in [0.2, 0.25) is 5.65 Å². The van der Waals surface area contributed by atoms with Crippen molar-refractivity contribution in [2.45, 2.75) is 43.8 Å². The number of thioether (sulfide) groups is 1. The summed E-state index contributed by atoms with van der Waals surface area (Å²) < 4.78 is 4.36. The van der Waals surface area contributed by atoms with Crippen molar-refractivity contribution in [1.82, 2.24) is 9.55 Å². The van der Waals surface area contributed by atoms with Crippen LogP contribution in [0, 0.1) is 10.5 Å². The van der Waals surface area contributed by atoms with Gasteiger partial charge >= 0.3 is 5.56 Å². The lowest BCUT2D eigenvalue weighted by Crippen LogP contribution is -2.40. The van der Waals surface area contributed by atoms with E-state index in [9.17, 15) is 4.79 Å². The molecule has 2 heterocycles. The summed E-state index contributed by atoms with van der Waals surface area (Å²) in [5.41, 5.74) is 1.90. The van der Waals surface area contributed by atoms with Crippen molar-refractivity contribution in [3.63, 3.8) is 0 Å². The Kier molecular flexibility index (Phi) is 4.42. The van der Waals surface area contributed by atoms with Crippen LogP contribution in [0.3, 0.4) is 0 Å². The second kappa shape index (κ2) is 6.00. The van der Waals surface area contributed by atoms with Crippen LogP contribution in [0.2, 0.25) is 0 Å². The van der Waals surface area contributed by atoms with E-state index in [0.29, 0.717) is 0 Å². The molecule has 2 aromatic rings. The van der Waals surface area contributed by atoms with Gasteiger partial charge in [0.25, 0.3) is 5.16 Å². The van der Waals surface area contributed by atoms with Crippen LogP contribution in [0.25, 0.3) is 11.0 Å². The molecule has 7 heteroatoms. The minimum atomic E-state index is 0.0874. The first-order valence-electron chi connectivity index (χ1n) is 6.93. The third-order valence-corrected chi connectivity index (χ3v) is 6.54. The van der Waals surface area contributed by atoms with E-state index < -0.39 is 0 Å². The lowest BCUT2D eigenvalue weighted by atomic mass is 10.1. The molecule has 0 bridgehead atoms. The highest BCUT2D eigenvalue weighted by molar-refractivity contribution is 14.1. The summed E-state index contributed by atoms with van der Waals surface area (Å²) in [5.74, 6) is 0. The second-order valence-electron chi connectivity index (χ2n) is 5.33. The van der Waals surface area contributed by atoms with Crippen molar-refractivity contribution in [1.29, 1.82) is 0 Å². The van der Waals surface area contributed by atoms with Gasteiger partial charge in [-0.2, -0.15) is 0 Å². The third-order valence-electron chi connectivity index (χ3n) is 4.15. The fourth-order valence-electron chi connectivity index (χ4n) is 3.04. The summed E-state index contributed by atoms with van der Waals surface area (Å²) in [6.07, 6.45) is 8.28. The Morgan fingerprint density at radius 1 is 1.48 bits per heavy atom. The summed E-state index contributed by atoms with van der Waals surface area (Å²) in [7, 11) is 0. The molecule has 0 N–H and O–H groups in total. The average Bonchev–Trinajstić information content (AvgIpc) is 3.00. The van der Waals surface area contributed by atoms with E-state index in [1.54, 1.807) is 3.97 Å². The van der Waals surface area contributed by atoms with Crippen molar-refractivity contribution in [3.05, 3.63) is 25.7 Å². The Bertz CT molecular complexity index is 769. The molecular formula is C14H16IN3OS2. The SMILES string of the molecule is CSc1ncc2c(C)c(I)c(=O)n(C3CCCC3)c2[n+]1[S-]. The Morgan fingerprint density at radius 3 is 2.76 bits per heavy atom. The van der Waals surface area contributed by atoms with Crippen molar-refractivity contribution < 1.29 is 3.97 Å². The molecule has 2 aromatic heterocycles. The highest BCUT2D eigenvalue weighted by Gasteiger charge is 2.27. The number of nitrogens with zero attached hydrogens (tertiary/aromatic N) is 3. The van der Waals surface area contributed by atoms with Crippen LogP contribution >= 0.6 is 34.4 Å². The monoisotopic (exact) mass is 433 g/mol. The number of rotatable bonds is 2. The lowest BCUT2D eigenvalue weighted by molar-refractivity contribution is -0.517. The van der Waals surface area contributed by atoms with Gasteiger partial charge < -0.3 is 16.8 Å². The van der Waals surface area contributed by atoms with E-state index in [1.807, 2.05) is 23.9 Å². The molecule has 1 aliphatic rings. The Hall–Kier alpha value is -0.410. The minimum Gasteiger partial charge on any atom is -0.595 e. The molecule has 21 heavy (non-hydrogen) atoms. The fraction of sp³-hybridized carbons (Fsp3) is 0.500. The first kappa shape index (κ1) is 15.5. The number of halogens is 1. The van der Waals surface area contributed by atoms with Gasteiger partial charge in [-0.25, -0.2) is 9.36 Å². The van der Waals surface area contributed by atoms with Crippen molar-refractivity contribution in [3.8, 4) is 0 Å². The molecule has 1 aliphatic carbocycles. The summed E-state index contributed by atoms with van der Waals surface area (Å²) in [6, 6.07) is 0.264. The van der Waals surface area contributed by atoms with E-state index in [0.717, 1.165) is 38.2 Å². The van der Waals surface area contributed by atoms with Crippen LogP contribution in [0.5, 0.6) is 0 Å². The first-order valence-corrected chi connectivity index (χ1v) is 9.60. The molecule has 0 aliphatic heterocycles. The van der Waals surface area contributed by atoms with Gasteiger partial charge in [-0.05, 0) is 67.0 Å². The highest BCUT2D eigenvalue weighted by Crippen LogP contribution is 2.31. The Balaban J connectivity index is 2.45. The third kappa shape index (κ3) is 2.46. The molecule has 0 radical (unpaired) electrons. The van der Waals surface area contributed by atoms with E-state index in [-0.39, 0.29) is 11.6 Å². The van der Waals surface area contributed by atoms with Gasteiger partial charge in [-0.3, -0.25) is 0 Å². The largest absolute Gasteiger partial charge is 0.595 e. The van der Waals surface area contributed by atoms with Crippen LogP contribution < -0.4 is 9.53 Å². The molecule has 0 amide bonds. The molecule has 0 atom stereocenters. The maximum Gasteiger partial charge on any atom is 0.320 e. The van der Waals surface area contributed by atoms with Gasteiger partial charge in [0, 0.05) is 0 Å². The molecule has 0 aromatic carbocycles. The van der Waals surface area contributed by atoms with Crippen LogP contribution in [0.4, 0.5) is 0 Å². The predicted molar refractivity (Wildman–Crippen MR) is 95.7 cm³/mol. The maximum absolute atomic E-state index is 12.8. The quantitative estimate of drug-likeness (QED) is 0.240. The number of aromatic nitrogens is 3. The molecular weight excluding hydrogens is 417 g/mol. The Morgan fingerprint density at radius 2 is 2.14 bits per heavy atom. The zero-order valence-corrected chi connectivity index (χ0v) is 15.7. The lowest BCUT2D eigenvalue weighted by Gasteiger charge is -2.19. The van der Waals surface area contributed by atoms with Crippen LogP contribution in [-0.4, -0.2) is 15.8 Å². The molecule has 1 fully saturated rings. The van der Waals surface area contributed by atoms with Crippen LogP contribution in [0.1, 0.15) is 37.3 Å². The fourth-order valence-corrected chi connectivity index (χ4v) is 4.46. The van der Waals surface area contributed by atoms with Crippen LogP contribution in [-0.2, 0) is 12.8 Å². The summed E-state index contributed by atoms with van der Waals surface area (Å²) in [6.45, 7) is 1.97. The van der Waals surface area contributed by atoms with Crippen molar-refractivity contribution >= 4 is 58.2 Å². The smallest absolute Gasteiger partial charge is 0.320 e. The maximum atomic E-state index is 12.8. The van der Waals surface area contributed by atoms with E-state index in [2.05, 4.69) is 27.6 Å². The topological polar surface area (TPSA) is 38.8 Å². The predicted octanol–water partition coefficient (Wildman–Crippen LogP) is 2.74. The van der Waals surface area contributed by atoms with Crippen molar-refractivity contribution in [2.75, 3.05) is 6.26 Å². The van der Waals surface area contributed by atoms with E-state index >= 15 is 0 Å². The number of hydrogen-bond acceptors (Lipinski definition) is 4. The van der Waals surface area contributed by atoms with Gasteiger partial charge in [0.1, 0.15) is 6.20 Å². The zero-order chi connectivity index (χ0) is 15.1. The molecule has 112 valence electrons. The summed E-state index contributed by atoms with van der Waals surface area (Å²) in [5, 5.41) is 1.74. The first-order chi connectivity index (χ1) is 10.1. The zero-order valence-electron chi connectivity index (χ0n) is 11.9. The number of pyridine rings is 1. The van der Waals surface area contributed by atoms with Crippen LogP contribution in [0.15, 0.2) is 16.1 Å². The molecule has 4 nitrogen and oxygen atoms in total. The molecule has 0 saturated heterocycles. The van der Waals surface area contributed by atoms with E-state index in [1.165, 1.54) is 24.6 Å². The molecule has 0 unspecified atom stereocenters. The summed E-state index contributed by atoms with van der Waals surface area (Å²) >= 11 is 9.21. The highest BCUT2D eigenvalue weighted by atomic mass is 127.